The summed E-state index contributed by atoms with van der Waals surface area (Å²) in [6, 6.07) is 33.7. The van der Waals surface area contributed by atoms with E-state index >= 15 is 0 Å². The van der Waals surface area contributed by atoms with Gasteiger partial charge in [-0.2, -0.15) is 0 Å². The van der Waals surface area contributed by atoms with E-state index < -0.39 is 46.2 Å². The molecule has 0 N–H and O–H groups in total. The van der Waals surface area contributed by atoms with Gasteiger partial charge in [0.1, 0.15) is 15.9 Å². The van der Waals surface area contributed by atoms with Crippen molar-refractivity contribution in [1.82, 2.24) is 0 Å². The third kappa shape index (κ3) is 13.5. The molecule has 0 radical (unpaired) electrons. The second-order valence-electron chi connectivity index (χ2n) is 12.2. The summed E-state index contributed by atoms with van der Waals surface area (Å²) in [6.07, 6.45) is 0. The molecule has 0 amide bonds. The van der Waals surface area contributed by atoms with Crippen LogP contribution in [0.5, 0.6) is 0 Å². The molecule has 0 bridgehead atoms. The van der Waals surface area contributed by atoms with Crippen molar-refractivity contribution in [2.75, 3.05) is 0 Å². The summed E-state index contributed by atoms with van der Waals surface area (Å²) in [5, 5.41) is 5.95. The molecule has 0 aliphatic rings. The van der Waals surface area contributed by atoms with Crippen LogP contribution in [-0.2, 0) is 10.8 Å². The maximum atomic E-state index is 9.93. The van der Waals surface area contributed by atoms with Gasteiger partial charge in [0, 0.05) is 0 Å². The molecule has 0 aromatic heterocycles. The van der Waals surface area contributed by atoms with Crippen LogP contribution in [0.4, 0.5) is 33.8 Å². The second kappa shape index (κ2) is 10.8. The molecule has 0 saturated heterocycles. The van der Waals surface area contributed by atoms with E-state index in [-0.39, 0.29) is 10.8 Å². The average Bonchev–Trinajstić information content (AvgIpc) is 3.55. The first kappa shape index (κ1) is 38.7. The summed E-state index contributed by atoms with van der Waals surface area (Å²) in [5.41, 5.74) is 3.42. The van der Waals surface area contributed by atoms with Crippen LogP contribution in [0.2, 0.25) is 0 Å². The van der Waals surface area contributed by atoms with Crippen molar-refractivity contribution in [3.05, 3.63) is 102 Å². The minimum absolute atomic E-state index is 0.127. The van der Waals surface area contributed by atoms with Gasteiger partial charge in [0.15, 0.2) is 0 Å². The molecule has 0 heterocycles. The van der Waals surface area contributed by atoms with Crippen molar-refractivity contribution < 1.29 is 33.8 Å². The molecule has 4 aromatic rings. The molecule has 4 aromatic carbocycles. The molecular formula is C29H33F12PSb2. The van der Waals surface area contributed by atoms with Crippen LogP contribution in [-0.4, -0.2) is 39.0 Å². The van der Waals surface area contributed by atoms with Gasteiger partial charge in [0.25, 0.3) is 0 Å². The van der Waals surface area contributed by atoms with Crippen molar-refractivity contribution >= 4 is 67.4 Å². The van der Waals surface area contributed by atoms with Gasteiger partial charge in [-0.3, -0.25) is 0 Å². The van der Waals surface area contributed by atoms with E-state index in [4.69, 9.17) is 0 Å². The Bertz CT molecular complexity index is 1340. The average molecular weight is 884 g/mol. The molecule has 248 valence electrons. The van der Waals surface area contributed by atoms with Crippen LogP contribution in [0.1, 0.15) is 52.7 Å². The van der Waals surface area contributed by atoms with Crippen molar-refractivity contribution in [3.8, 4) is 0 Å². The monoisotopic (exact) mass is 882 g/mol. The molecule has 0 aliphatic heterocycles. The summed E-state index contributed by atoms with van der Waals surface area (Å²) in [5.74, 6) is 0. The van der Waals surface area contributed by atoms with Gasteiger partial charge in [0.05, 0.1) is 10.8 Å². The van der Waals surface area contributed by atoms with Crippen molar-refractivity contribution in [2.24, 2.45) is 0 Å². The topological polar surface area (TPSA) is 0 Å². The molecule has 0 nitrogen and oxygen atoms in total. The van der Waals surface area contributed by atoms with E-state index in [1.165, 1.54) is 15.9 Å². The van der Waals surface area contributed by atoms with Gasteiger partial charge in [-0.15, -0.1) is 0 Å². The molecule has 0 spiro atoms. The first-order valence-corrected chi connectivity index (χ1v) is 26.3. The van der Waals surface area contributed by atoms with E-state index in [0.717, 1.165) is 0 Å². The molecule has 4 rings (SSSR count). The Morgan fingerprint density at radius 2 is 0.682 bits per heavy atom. The van der Waals surface area contributed by atoms with Crippen LogP contribution in [0.25, 0.3) is 0 Å². The Morgan fingerprint density at radius 3 is 0.841 bits per heavy atom. The zero-order valence-corrected chi connectivity index (χ0v) is 30.5. The zero-order valence-electron chi connectivity index (χ0n) is 24.5. The van der Waals surface area contributed by atoms with Crippen molar-refractivity contribution in [2.45, 2.75) is 52.4 Å². The van der Waals surface area contributed by atoms with Crippen LogP contribution in [0, 0.1) is 0 Å². The predicted octanol–water partition coefficient (Wildman–Crippen LogP) is 10.3. The Hall–Kier alpha value is -1.50. The Morgan fingerprint density at radius 1 is 0.455 bits per heavy atom. The molecule has 0 unspecified atom stereocenters. The normalized spacial score (nSPS) is 16.2. The van der Waals surface area contributed by atoms with E-state index in [2.05, 4.69) is 133 Å². The number of hydrogen-bond acceptors (Lipinski definition) is 0. The maximum absolute atomic E-state index is 11.2. The Balaban J connectivity index is 0.000000402. The molecule has 0 fully saturated rings. The molecule has 0 saturated carbocycles. The summed E-state index contributed by atoms with van der Waals surface area (Å²) >= 11 is -22.5. The van der Waals surface area contributed by atoms with Gasteiger partial charge >= 0.3 is 78.0 Å². The van der Waals surface area contributed by atoms with E-state index in [9.17, 15) is 33.8 Å². The first-order chi connectivity index (χ1) is 19.1. The van der Waals surface area contributed by atoms with E-state index in [1.807, 2.05) is 0 Å². The fourth-order valence-electron chi connectivity index (χ4n) is 4.76. The van der Waals surface area contributed by atoms with Gasteiger partial charge in [-0.05, 0) is 77.9 Å². The molecule has 0 aliphatic carbocycles. The second-order valence-corrected chi connectivity index (χ2v) is 26.5. The van der Waals surface area contributed by atoms with Crippen LogP contribution < -0.4 is 21.2 Å². The molecular weight excluding hydrogens is 851 g/mol. The zero-order chi connectivity index (χ0) is 34.4. The van der Waals surface area contributed by atoms with Gasteiger partial charge < -0.3 is 0 Å². The summed E-state index contributed by atoms with van der Waals surface area (Å²) in [6.45, 7) is 14.2. The summed E-state index contributed by atoms with van der Waals surface area (Å²) in [4.78, 5) is 0. The van der Waals surface area contributed by atoms with Crippen molar-refractivity contribution in [3.63, 3.8) is 0 Å². The fourth-order valence-corrected chi connectivity index (χ4v) is 9.80. The van der Waals surface area contributed by atoms with Crippen molar-refractivity contribution in [1.29, 1.82) is 0 Å². The number of rotatable bonds is 4. The van der Waals surface area contributed by atoms with Crippen LogP contribution >= 0.6 is 7.26 Å². The first-order valence-electron chi connectivity index (χ1n) is 12.9. The third-order valence-electron chi connectivity index (χ3n) is 5.93. The Labute approximate surface area is 254 Å². The quantitative estimate of drug-likeness (QED) is 0.0829. The summed E-state index contributed by atoms with van der Waals surface area (Å²) < 4.78 is 119. The minimum atomic E-state index is -11.2. The fraction of sp³-hybridized carbons (Fsp3) is 0.276. The van der Waals surface area contributed by atoms with Gasteiger partial charge in [-0.1, -0.05) is 54.6 Å². The predicted molar refractivity (Wildman–Crippen MR) is 160 cm³/mol. The number of hydrogen-bond donors (Lipinski definition) is 0. The van der Waals surface area contributed by atoms with Gasteiger partial charge in [-0.25, -0.2) is 0 Å². The standard InChI is InChI=1S/C29H33P.12FH.2Sb/c1-28(2,3)25-26(29(4,5)6)27(25)30(22-16-10-7-11-17-22,23-18-12-8-13-19-23)24-20-14-9-15-21-24;;;;;;;;;;;;;;/h7-21H,1-6H3;12*1H;;/q+2;;;;;;;;;;;;;2*+5/p-12. The van der Waals surface area contributed by atoms with Crippen LogP contribution in [0.3, 0.4) is 0 Å². The van der Waals surface area contributed by atoms with E-state index in [1.54, 1.807) is 16.4 Å². The Kier molecular flexibility index (Phi) is 9.47. The third-order valence-corrected chi connectivity index (χ3v) is 10.3. The SMILES string of the molecule is CC(C)(C)c1c([P+](c2ccccc2)(c2ccccc2)c2ccccc2)[c+]1C(C)(C)C.[F][Sb-]([F])([F])([F])([F])[F].[F][Sb-]([F])([F])([F])([F])[F]. The number of halogens is 12. The molecule has 0 atom stereocenters. The summed E-state index contributed by atoms with van der Waals surface area (Å²) in [7, 11) is -1.98. The van der Waals surface area contributed by atoms with Crippen LogP contribution in [0.15, 0.2) is 91.0 Å². The van der Waals surface area contributed by atoms with Gasteiger partial charge in [0.2, 0.25) is 18.4 Å². The number of benzene rings is 3. The molecule has 44 heavy (non-hydrogen) atoms. The van der Waals surface area contributed by atoms with E-state index in [0.29, 0.717) is 0 Å². The molecule has 15 heteroatoms.